The molecule has 0 radical (unpaired) electrons. The Morgan fingerprint density at radius 1 is 1.31 bits per heavy atom. The predicted molar refractivity (Wildman–Crippen MR) is 97.2 cm³/mol. The van der Waals surface area contributed by atoms with Gasteiger partial charge in [0.05, 0.1) is 12.2 Å². The third-order valence-corrected chi connectivity index (χ3v) is 10.4. The molecular weight excluding hydrogens is 326 g/mol. The van der Waals surface area contributed by atoms with Gasteiger partial charge in [-0.25, -0.2) is 0 Å². The Balaban J connectivity index is 1.62. The monoisotopic (exact) mass is 357 g/mol. The molecule has 0 aromatic rings. The highest BCUT2D eigenvalue weighted by molar-refractivity contribution is 5.87. The van der Waals surface area contributed by atoms with Crippen molar-refractivity contribution in [3.8, 4) is 0 Å². The SMILES string of the molecule is C=C1[C@H]2C[C@@]3(C4C[C@H]5C6(C4N(CC)C[C@]5(C)CC[C@@H]6O)[C@@H]3CC2=O)[C@@H]1O. The van der Waals surface area contributed by atoms with Gasteiger partial charge in [0, 0.05) is 35.8 Å². The predicted octanol–water partition coefficient (Wildman–Crippen LogP) is 2.00. The zero-order valence-electron chi connectivity index (χ0n) is 15.9. The summed E-state index contributed by atoms with van der Waals surface area (Å²) in [6.45, 7) is 10.9. The molecule has 1 heterocycles. The lowest BCUT2D eigenvalue weighted by Gasteiger charge is -2.65. The Morgan fingerprint density at radius 3 is 2.81 bits per heavy atom. The van der Waals surface area contributed by atoms with Crippen molar-refractivity contribution >= 4 is 5.78 Å². The third kappa shape index (κ3) is 1.33. The summed E-state index contributed by atoms with van der Waals surface area (Å²) in [6, 6.07) is 0.331. The number of carbonyl (C=O) groups is 1. The second-order valence-corrected chi connectivity index (χ2v) is 10.7. The van der Waals surface area contributed by atoms with Crippen molar-refractivity contribution in [1.82, 2.24) is 4.90 Å². The van der Waals surface area contributed by atoms with Crippen LogP contribution in [0.5, 0.6) is 0 Å². The molecule has 2 N–H and O–H groups in total. The van der Waals surface area contributed by atoms with Gasteiger partial charge in [0.25, 0.3) is 0 Å². The average Bonchev–Trinajstić information content (AvgIpc) is 3.14. The Bertz CT molecular complexity index is 735. The maximum Gasteiger partial charge on any atom is 0.140 e. The van der Waals surface area contributed by atoms with Crippen molar-refractivity contribution in [2.24, 2.45) is 39.9 Å². The smallest absolute Gasteiger partial charge is 0.140 e. The number of hydrogen-bond acceptors (Lipinski definition) is 4. The van der Waals surface area contributed by atoms with Gasteiger partial charge in [-0.3, -0.25) is 9.69 Å². The topological polar surface area (TPSA) is 60.8 Å². The molecule has 3 unspecified atom stereocenters. The lowest BCUT2D eigenvalue weighted by molar-refractivity contribution is -0.211. The van der Waals surface area contributed by atoms with E-state index >= 15 is 0 Å². The maximum absolute atomic E-state index is 13.0. The Morgan fingerprint density at radius 2 is 2.08 bits per heavy atom. The summed E-state index contributed by atoms with van der Waals surface area (Å²) in [4.78, 5) is 15.6. The second-order valence-electron chi connectivity index (χ2n) is 10.7. The summed E-state index contributed by atoms with van der Waals surface area (Å²) < 4.78 is 0. The van der Waals surface area contributed by atoms with E-state index in [2.05, 4.69) is 25.3 Å². The number of carbonyl (C=O) groups excluding carboxylic acids is 1. The first-order valence-electron chi connectivity index (χ1n) is 10.6. The number of likely N-dealkylation sites (tertiary alicyclic amines) is 1. The van der Waals surface area contributed by atoms with E-state index in [0.717, 1.165) is 44.3 Å². The molecule has 4 nitrogen and oxygen atoms in total. The van der Waals surface area contributed by atoms with Crippen LogP contribution in [0.25, 0.3) is 0 Å². The van der Waals surface area contributed by atoms with Crippen LogP contribution in [-0.4, -0.2) is 52.2 Å². The van der Waals surface area contributed by atoms with Gasteiger partial charge in [-0.15, -0.1) is 0 Å². The molecule has 7 bridgehead atoms. The van der Waals surface area contributed by atoms with Crippen LogP contribution >= 0.6 is 0 Å². The zero-order valence-corrected chi connectivity index (χ0v) is 15.9. The Kier molecular flexibility index (Phi) is 2.80. The van der Waals surface area contributed by atoms with E-state index in [1.54, 1.807) is 0 Å². The Labute approximate surface area is 155 Å². The van der Waals surface area contributed by atoms with Crippen LogP contribution < -0.4 is 0 Å². The summed E-state index contributed by atoms with van der Waals surface area (Å²) in [7, 11) is 0. The summed E-state index contributed by atoms with van der Waals surface area (Å²) in [5.74, 6) is 1.16. The number of nitrogens with zero attached hydrogens (tertiary/aromatic N) is 1. The molecule has 142 valence electrons. The fourth-order valence-corrected chi connectivity index (χ4v) is 9.75. The van der Waals surface area contributed by atoms with Gasteiger partial charge in [0.1, 0.15) is 5.78 Å². The minimum absolute atomic E-state index is 0.130. The number of aliphatic hydroxyl groups excluding tert-OH is 2. The van der Waals surface area contributed by atoms with Gasteiger partial charge in [0.2, 0.25) is 0 Å². The number of rotatable bonds is 1. The normalized spacial score (nSPS) is 62.7. The molecule has 4 heteroatoms. The summed E-state index contributed by atoms with van der Waals surface area (Å²) >= 11 is 0. The molecule has 0 aromatic heterocycles. The fourth-order valence-electron chi connectivity index (χ4n) is 9.75. The van der Waals surface area contributed by atoms with Gasteiger partial charge in [0.15, 0.2) is 0 Å². The average molecular weight is 357 g/mol. The fraction of sp³-hybridized carbons (Fsp3) is 0.864. The van der Waals surface area contributed by atoms with E-state index in [0.29, 0.717) is 24.3 Å². The number of piperidine rings is 1. The lowest BCUT2D eigenvalue weighted by atomic mass is 9.43. The molecule has 2 spiro atoms. The number of aliphatic hydroxyl groups is 2. The largest absolute Gasteiger partial charge is 0.392 e. The van der Waals surface area contributed by atoms with Crippen LogP contribution in [0.3, 0.4) is 0 Å². The molecule has 6 rings (SSSR count). The summed E-state index contributed by atoms with van der Waals surface area (Å²) in [5.41, 5.74) is 0.598. The quantitative estimate of drug-likeness (QED) is 0.705. The van der Waals surface area contributed by atoms with Crippen molar-refractivity contribution in [3.63, 3.8) is 0 Å². The van der Waals surface area contributed by atoms with E-state index < -0.39 is 6.10 Å². The number of hydrogen-bond donors (Lipinski definition) is 2. The van der Waals surface area contributed by atoms with Gasteiger partial charge in [-0.1, -0.05) is 20.4 Å². The van der Waals surface area contributed by atoms with Crippen LogP contribution in [0.4, 0.5) is 0 Å². The summed E-state index contributed by atoms with van der Waals surface area (Å²) in [6.07, 6.45) is 3.50. The van der Waals surface area contributed by atoms with Gasteiger partial charge >= 0.3 is 0 Å². The van der Waals surface area contributed by atoms with Crippen molar-refractivity contribution < 1.29 is 15.0 Å². The van der Waals surface area contributed by atoms with Crippen LogP contribution in [0.1, 0.15) is 46.0 Å². The third-order valence-electron chi connectivity index (χ3n) is 10.4. The van der Waals surface area contributed by atoms with Gasteiger partial charge in [-0.2, -0.15) is 0 Å². The van der Waals surface area contributed by atoms with E-state index in [4.69, 9.17) is 0 Å². The molecule has 26 heavy (non-hydrogen) atoms. The van der Waals surface area contributed by atoms with E-state index in [1.165, 1.54) is 0 Å². The highest BCUT2D eigenvalue weighted by Crippen LogP contribution is 2.83. The number of ketones is 1. The van der Waals surface area contributed by atoms with E-state index in [-0.39, 0.29) is 40.0 Å². The molecule has 10 atom stereocenters. The zero-order chi connectivity index (χ0) is 18.2. The van der Waals surface area contributed by atoms with Crippen molar-refractivity contribution in [1.29, 1.82) is 0 Å². The second kappa shape index (κ2) is 4.47. The van der Waals surface area contributed by atoms with Crippen LogP contribution in [0.15, 0.2) is 12.2 Å². The first kappa shape index (κ1) is 16.3. The molecule has 1 saturated heterocycles. The highest BCUT2D eigenvalue weighted by Gasteiger charge is 2.85. The Hall–Kier alpha value is -0.710. The molecule has 5 aliphatic carbocycles. The molecular formula is C22H31NO3. The highest BCUT2D eigenvalue weighted by atomic mass is 16.3. The molecule has 5 saturated carbocycles. The number of fused-ring (bicyclic) bond motifs is 1. The molecule has 6 aliphatic rings. The molecule has 6 fully saturated rings. The van der Waals surface area contributed by atoms with Crippen molar-refractivity contribution in [2.75, 3.05) is 13.1 Å². The van der Waals surface area contributed by atoms with Crippen LogP contribution in [0.2, 0.25) is 0 Å². The first-order chi connectivity index (χ1) is 12.3. The van der Waals surface area contributed by atoms with Crippen molar-refractivity contribution in [3.05, 3.63) is 12.2 Å². The molecule has 0 amide bonds. The van der Waals surface area contributed by atoms with E-state index in [1.807, 2.05) is 0 Å². The van der Waals surface area contributed by atoms with Crippen molar-refractivity contribution in [2.45, 2.75) is 64.2 Å². The van der Waals surface area contributed by atoms with Gasteiger partial charge < -0.3 is 10.2 Å². The van der Waals surface area contributed by atoms with Crippen LogP contribution in [0, 0.1) is 39.9 Å². The summed E-state index contributed by atoms with van der Waals surface area (Å²) in [5, 5.41) is 22.8. The van der Waals surface area contributed by atoms with Gasteiger partial charge in [-0.05, 0) is 61.0 Å². The standard InChI is InChI=1S/C22H31NO3/c1-4-23-10-20(3)6-5-17(25)22-15(20)7-13(18(22)23)21-9-12(11(2)19(21)26)14(24)8-16(21)22/h12-13,15-19,25-26H,2,4-10H2,1,3H3/t12-,13?,15-,16-,17+,18?,19-,20+,21+,22?/m1/s1. The molecule has 1 aliphatic heterocycles. The lowest BCUT2D eigenvalue weighted by Crippen LogP contribution is -2.68. The van der Waals surface area contributed by atoms with Crippen LogP contribution in [-0.2, 0) is 4.79 Å². The molecule has 0 aromatic carbocycles. The number of Topliss-reactive ketones (excluding diaryl/α,β-unsaturated/α-hetero) is 1. The minimum atomic E-state index is -0.561. The maximum atomic E-state index is 13.0. The van der Waals surface area contributed by atoms with E-state index in [9.17, 15) is 15.0 Å². The minimum Gasteiger partial charge on any atom is -0.392 e. The first-order valence-corrected chi connectivity index (χ1v) is 10.6.